The van der Waals surface area contributed by atoms with Crippen LogP contribution < -0.4 is 5.43 Å². The summed E-state index contributed by atoms with van der Waals surface area (Å²) in [7, 11) is 0. The van der Waals surface area contributed by atoms with Gasteiger partial charge in [0.15, 0.2) is 0 Å². The van der Waals surface area contributed by atoms with Crippen LogP contribution in [0.1, 0.15) is 13.8 Å². The van der Waals surface area contributed by atoms with Crippen molar-refractivity contribution in [1.29, 1.82) is 0 Å². The van der Waals surface area contributed by atoms with Crippen molar-refractivity contribution in [2.45, 2.75) is 13.8 Å². The van der Waals surface area contributed by atoms with Gasteiger partial charge >= 0.3 is 0 Å². The van der Waals surface area contributed by atoms with Crippen LogP contribution in [-0.2, 0) is 0 Å². The molecule has 0 aromatic rings. The Morgan fingerprint density at radius 2 is 2.62 bits per heavy atom. The summed E-state index contributed by atoms with van der Waals surface area (Å²) in [4.78, 5) is 0. The molecule has 0 spiro atoms. The predicted molar refractivity (Wildman–Crippen MR) is 34.1 cm³/mol. The minimum absolute atomic E-state index is 1.000. The van der Waals surface area contributed by atoms with Crippen LogP contribution in [0.15, 0.2) is 11.8 Å². The molecule has 0 saturated heterocycles. The Kier molecular flexibility index (Phi) is 1.53. The van der Waals surface area contributed by atoms with Crippen LogP contribution in [0.3, 0.4) is 0 Å². The summed E-state index contributed by atoms with van der Waals surface area (Å²) in [6.45, 7) is 6.31. The van der Waals surface area contributed by atoms with Gasteiger partial charge in [0.2, 0.25) is 0 Å². The predicted octanol–water partition coefficient (Wildman–Crippen LogP) is 0.730. The molecule has 0 atom stereocenters. The highest BCUT2D eigenvalue weighted by Gasteiger charge is 2.05. The highest BCUT2D eigenvalue weighted by Crippen LogP contribution is 2.02. The van der Waals surface area contributed by atoms with Crippen molar-refractivity contribution in [2.24, 2.45) is 0 Å². The van der Waals surface area contributed by atoms with Gasteiger partial charge in [0.25, 0.3) is 0 Å². The van der Waals surface area contributed by atoms with Crippen LogP contribution >= 0.6 is 0 Å². The molecule has 0 amide bonds. The Morgan fingerprint density at radius 3 is 2.88 bits per heavy atom. The van der Waals surface area contributed by atoms with E-state index in [4.69, 9.17) is 0 Å². The van der Waals surface area contributed by atoms with E-state index in [-0.39, 0.29) is 0 Å². The van der Waals surface area contributed by atoms with Crippen LogP contribution in [0, 0.1) is 0 Å². The number of nitrogens with zero attached hydrogens (tertiary/aromatic N) is 1. The van der Waals surface area contributed by atoms with E-state index in [1.54, 1.807) is 0 Å². The number of rotatable bonds is 1. The highest BCUT2D eigenvalue weighted by atomic mass is 15.5. The van der Waals surface area contributed by atoms with Crippen LogP contribution in [0.25, 0.3) is 0 Å². The second-order valence-electron chi connectivity index (χ2n) is 1.95. The lowest BCUT2D eigenvalue weighted by molar-refractivity contribution is 0.298. The molecule has 0 radical (unpaired) electrons. The number of nitrogens with one attached hydrogen (secondary N) is 1. The topological polar surface area (TPSA) is 15.3 Å². The first-order valence-electron chi connectivity index (χ1n) is 3.02. The van der Waals surface area contributed by atoms with Crippen molar-refractivity contribution in [3.8, 4) is 0 Å². The average molecular weight is 112 g/mol. The molecule has 1 heterocycles. The van der Waals surface area contributed by atoms with Crippen molar-refractivity contribution in [2.75, 3.05) is 13.1 Å². The first-order valence-corrected chi connectivity index (χ1v) is 3.02. The number of hydrogen-bond donors (Lipinski definition) is 1. The molecule has 0 unspecified atom stereocenters. The molecule has 0 saturated carbocycles. The maximum absolute atomic E-state index is 3.20. The summed E-state index contributed by atoms with van der Waals surface area (Å²) in [5, 5.41) is 2.14. The van der Waals surface area contributed by atoms with Gasteiger partial charge < -0.3 is 5.01 Å². The number of hydrogen-bond acceptors (Lipinski definition) is 2. The van der Waals surface area contributed by atoms with Gasteiger partial charge in [0.05, 0.1) is 0 Å². The Bertz CT molecular complexity index is 107. The maximum Gasteiger partial charge on any atom is 0.0351 e. The smallest absolute Gasteiger partial charge is 0.0351 e. The SMILES string of the molecule is CCN1NCC=C1C. The van der Waals surface area contributed by atoms with Crippen LogP contribution in [0.2, 0.25) is 0 Å². The standard InChI is InChI=1S/C6H12N2/c1-3-8-6(2)4-5-7-8/h4,7H,3,5H2,1-2H3. The van der Waals surface area contributed by atoms with Crippen LogP contribution in [0.4, 0.5) is 0 Å². The summed E-state index contributed by atoms with van der Waals surface area (Å²) < 4.78 is 0. The van der Waals surface area contributed by atoms with Gasteiger partial charge in [0.1, 0.15) is 0 Å². The third-order valence-corrected chi connectivity index (χ3v) is 1.42. The third kappa shape index (κ3) is 0.842. The largest absolute Gasteiger partial charge is 0.313 e. The summed E-state index contributed by atoms with van der Waals surface area (Å²) >= 11 is 0. The second-order valence-corrected chi connectivity index (χ2v) is 1.95. The van der Waals surface area contributed by atoms with Gasteiger partial charge in [-0.25, -0.2) is 5.43 Å². The molecule has 2 heteroatoms. The van der Waals surface area contributed by atoms with E-state index < -0.39 is 0 Å². The fourth-order valence-electron chi connectivity index (χ4n) is 0.900. The maximum atomic E-state index is 3.20. The van der Waals surface area contributed by atoms with Crippen molar-refractivity contribution < 1.29 is 0 Å². The molecule has 1 rings (SSSR count). The van der Waals surface area contributed by atoms with Gasteiger partial charge in [-0.2, -0.15) is 0 Å². The van der Waals surface area contributed by atoms with Crippen molar-refractivity contribution in [3.63, 3.8) is 0 Å². The van der Waals surface area contributed by atoms with E-state index in [0.717, 1.165) is 13.1 Å². The first kappa shape index (κ1) is 5.63. The number of allylic oxidation sites excluding steroid dienone is 1. The number of hydrazine groups is 1. The molecule has 1 N–H and O–H groups in total. The minimum atomic E-state index is 1.000. The van der Waals surface area contributed by atoms with Crippen LogP contribution in [-0.4, -0.2) is 18.1 Å². The van der Waals surface area contributed by atoms with Crippen LogP contribution in [0.5, 0.6) is 0 Å². The van der Waals surface area contributed by atoms with E-state index in [1.807, 2.05) is 0 Å². The van der Waals surface area contributed by atoms with Crippen molar-refractivity contribution in [3.05, 3.63) is 11.8 Å². The Balaban J connectivity index is 2.46. The zero-order valence-corrected chi connectivity index (χ0v) is 5.44. The van der Waals surface area contributed by atoms with Gasteiger partial charge in [-0.15, -0.1) is 0 Å². The molecule has 8 heavy (non-hydrogen) atoms. The molecule has 0 aromatic heterocycles. The van der Waals surface area contributed by atoms with Gasteiger partial charge in [-0.1, -0.05) is 0 Å². The monoisotopic (exact) mass is 112 g/mol. The van der Waals surface area contributed by atoms with E-state index in [2.05, 4.69) is 30.4 Å². The van der Waals surface area contributed by atoms with E-state index in [0.29, 0.717) is 0 Å². The molecule has 1 aliphatic rings. The molecule has 0 fully saturated rings. The molecule has 0 bridgehead atoms. The second kappa shape index (κ2) is 2.18. The summed E-state index contributed by atoms with van der Waals surface area (Å²) in [6, 6.07) is 0. The van der Waals surface area contributed by atoms with Gasteiger partial charge in [0, 0.05) is 18.8 Å². The lowest BCUT2D eigenvalue weighted by Crippen LogP contribution is -2.30. The molecular formula is C6H12N2. The molecule has 0 aliphatic carbocycles. The van der Waals surface area contributed by atoms with Crippen molar-refractivity contribution in [1.82, 2.24) is 10.4 Å². The zero-order chi connectivity index (χ0) is 5.98. The lowest BCUT2D eigenvalue weighted by Gasteiger charge is -2.16. The highest BCUT2D eigenvalue weighted by molar-refractivity contribution is 5.02. The summed E-state index contributed by atoms with van der Waals surface area (Å²) in [6.07, 6.45) is 2.18. The molecule has 2 nitrogen and oxygen atoms in total. The van der Waals surface area contributed by atoms with E-state index in [1.165, 1.54) is 5.70 Å². The van der Waals surface area contributed by atoms with Gasteiger partial charge in [-0.05, 0) is 19.9 Å². The average Bonchev–Trinajstić information content (AvgIpc) is 2.14. The minimum Gasteiger partial charge on any atom is -0.313 e. The zero-order valence-electron chi connectivity index (χ0n) is 5.44. The fraction of sp³-hybridized carbons (Fsp3) is 0.667. The third-order valence-electron chi connectivity index (χ3n) is 1.42. The van der Waals surface area contributed by atoms with E-state index >= 15 is 0 Å². The molecular weight excluding hydrogens is 100 g/mol. The van der Waals surface area contributed by atoms with E-state index in [9.17, 15) is 0 Å². The van der Waals surface area contributed by atoms with Crippen molar-refractivity contribution >= 4 is 0 Å². The summed E-state index contributed by atoms with van der Waals surface area (Å²) in [5.74, 6) is 0. The Labute approximate surface area is 50.1 Å². The quantitative estimate of drug-likeness (QED) is 0.538. The fourth-order valence-corrected chi connectivity index (χ4v) is 0.900. The molecule has 46 valence electrons. The Morgan fingerprint density at radius 1 is 1.88 bits per heavy atom. The molecule has 0 aromatic carbocycles. The van der Waals surface area contributed by atoms with Gasteiger partial charge in [-0.3, -0.25) is 0 Å². The summed E-state index contributed by atoms with van der Waals surface area (Å²) in [5.41, 5.74) is 4.54. The molecule has 1 aliphatic heterocycles. The normalized spacial score (nSPS) is 19.2. The first-order chi connectivity index (χ1) is 3.84. The lowest BCUT2D eigenvalue weighted by atomic mass is 10.4. The Hall–Kier alpha value is -0.500.